The minimum atomic E-state index is -1.23. The molecule has 0 spiro atoms. The lowest BCUT2D eigenvalue weighted by Crippen LogP contribution is -2.58. The number of carbonyl (C=O) groups excluding carboxylic acids is 7. The summed E-state index contributed by atoms with van der Waals surface area (Å²) in [5.74, 6) is -4.11. The highest BCUT2D eigenvalue weighted by Crippen LogP contribution is 2.36. The van der Waals surface area contributed by atoms with Gasteiger partial charge >= 0.3 is 6.09 Å². The van der Waals surface area contributed by atoms with Crippen molar-refractivity contribution in [1.29, 1.82) is 0 Å². The van der Waals surface area contributed by atoms with Crippen LogP contribution in [0.1, 0.15) is 98.1 Å². The van der Waals surface area contributed by atoms with Crippen LogP contribution in [0.3, 0.4) is 0 Å². The Kier molecular flexibility index (Phi) is 15.8. The number of nitrogens with one attached hydrogen (secondary N) is 4. The lowest BCUT2D eigenvalue weighted by molar-refractivity contribution is -0.143. The fourth-order valence-corrected chi connectivity index (χ4v) is 6.95. The zero-order valence-electron chi connectivity index (χ0n) is 32.7. The lowest BCUT2D eigenvalue weighted by Gasteiger charge is -2.35. The molecule has 4 N–H and O–H groups in total. The molecule has 1 aliphatic carbocycles. The first kappa shape index (κ1) is 42.9. The van der Waals surface area contributed by atoms with Gasteiger partial charge in [0.2, 0.25) is 29.4 Å². The third-order valence-corrected chi connectivity index (χ3v) is 9.61. The van der Waals surface area contributed by atoms with E-state index in [9.17, 15) is 33.6 Å². The molecule has 2 aliphatic rings. The summed E-state index contributed by atoms with van der Waals surface area (Å²) >= 11 is 0. The van der Waals surface area contributed by atoms with Crippen LogP contribution in [0.15, 0.2) is 30.3 Å². The van der Waals surface area contributed by atoms with Gasteiger partial charge in [-0.05, 0) is 54.4 Å². The number of likely N-dealkylation sites (tertiary alicyclic amines) is 1. The standard InChI is InChI=1S/C39H60N6O8/c1-24(2)19-28(33(47)35(49)40-21-30(46)42-31(36(50)44(7)8)26-15-11-9-12-16-26)41-34(48)29-20-39(5,6)23-45(29)37(51)32(27-17-13-10-14-18-27)43-38(52)53-22-25(3)4/h9,11-12,15-16,24-25,27-29,31-32H,10,13-14,17-23H2,1-8H3,(H,40,49)(H,41,48)(H,42,46)(H,43,52)/t28-,29?,31?,32?/m0/s1. The largest absolute Gasteiger partial charge is 0.449 e. The van der Waals surface area contributed by atoms with Gasteiger partial charge in [-0.2, -0.15) is 0 Å². The highest BCUT2D eigenvalue weighted by Gasteiger charge is 2.47. The van der Waals surface area contributed by atoms with Crippen LogP contribution in [-0.2, 0) is 33.5 Å². The van der Waals surface area contributed by atoms with Crippen LogP contribution in [0.25, 0.3) is 0 Å². The van der Waals surface area contributed by atoms with E-state index in [4.69, 9.17) is 4.74 Å². The summed E-state index contributed by atoms with van der Waals surface area (Å²) in [4.78, 5) is 96.3. The summed E-state index contributed by atoms with van der Waals surface area (Å²) < 4.78 is 5.37. The average molecular weight is 741 g/mol. The molecular formula is C39H60N6O8. The van der Waals surface area contributed by atoms with Crippen molar-refractivity contribution in [2.45, 2.75) is 111 Å². The molecule has 14 heteroatoms. The van der Waals surface area contributed by atoms with Gasteiger partial charge in [0.1, 0.15) is 18.1 Å². The van der Waals surface area contributed by atoms with E-state index in [0.29, 0.717) is 12.0 Å². The Morgan fingerprint density at radius 2 is 1.53 bits per heavy atom. The number of alkyl carbamates (subject to hydrolysis) is 1. The maximum Gasteiger partial charge on any atom is 0.407 e. The highest BCUT2D eigenvalue weighted by atomic mass is 16.5. The molecule has 1 aromatic carbocycles. The van der Waals surface area contributed by atoms with E-state index in [0.717, 1.165) is 32.1 Å². The Balaban J connectivity index is 1.74. The Morgan fingerprint density at radius 1 is 0.887 bits per heavy atom. The van der Waals surface area contributed by atoms with Crippen molar-refractivity contribution < 1.29 is 38.3 Å². The molecule has 6 amide bonds. The molecule has 1 aromatic rings. The number of carbonyl (C=O) groups is 7. The lowest BCUT2D eigenvalue weighted by atomic mass is 9.83. The minimum absolute atomic E-state index is 0.0986. The third-order valence-electron chi connectivity index (χ3n) is 9.61. The first-order valence-corrected chi connectivity index (χ1v) is 18.8. The Morgan fingerprint density at radius 3 is 2.11 bits per heavy atom. The van der Waals surface area contributed by atoms with E-state index in [2.05, 4.69) is 21.3 Å². The van der Waals surface area contributed by atoms with E-state index in [1.165, 1.54) is 9.80 Å². The van der Waals surface area contributed by atoms with Crippen molar-refractivity contribution in [2.75, 3.05) is 33.8 Å². The van der Waals surface area contributed by atoms with E-state index in [-0.39, 0.29) is 49.1 Å². The van der Waals surface area contributed by atoms with Gasteiger partial charge in [0.25, 0.3) is 5.91 Å². The topological polar surface area (TPSA) is 183 Å². The number of rotatable bonds is 16. The van der Waals surface area contributed by atoms with Crippen LogP contribution < -0.4 is 21.3 Å². The Bertz CT molecular complexity index is 1460. The number of Topliss-reactive ketones (excluding diaryl/α,β-unsaturated/α-hetero) is 1. The molecule has 3 rings (SSSR count). The Labute approximate surface area is 313 Å². The Hall–Kier alpha value is -4.49. The zero-order chi connectivity index (χ0) is 39.5. The molecule has 2 fully saturated rings. The summed E-state index contributed by atoms with van der Waals surface area (Å²) in [5, 5.41) is 10.5. The van der Waals surface area contributed by atoms with Gasteiger partial charge in [0.05, 0.1) is 19.2 Å². The first-order valence-electron chi connectivity index (χ1n) is 18.8. The number of benzene rings is 1. The van der Waals surface area contributed by atoms with Crippen LogP contribution >= 0.6 is 0 Å². The predicted molar refractivity (Wildman–Crippen MR) is 199 cm³/mol. The SMILES string of the molecule is CC(C)COC(=O)NC(C(=O)N1CC(C)(C)CC1C(=O)N[C@@H](CC(C)C)C(=O)C(=O)NCC(=O)NC(C(=O)N(C)C)c1ccccc1)C1CCCCC1. The van der Waals surface area contributed by atoms with Gasteiger partial charge in [-0.1, -0.05) is 91.1 Å². The molecular weight excluding hydrogens is 680 g/mol. The average Bonchev–Trinajstić information content (AvgIpc) is 3.45. The molecule has 0 aromatic heterocycles. The maximum absolute atomic E-state index is 14.3. The molecule has 1 aliphatic heterocycles. The second kappa shape index (κ2) is 19.5. The fraction of sp³-hybridized carbons (Fsp3) is 0.667. The highest BCUT2D eigenvalue weighted by molar-refractivity contribution is 6.38. The minimum Gasteiger partial charge on any atom is -0.449 e. The van der Waals surface area contributed by atoms with Crippen LogP contribution in [0.5, 0.6) is 0 Å². The zero-order valence-corrected chi connectivity index (χ0v) is 32.7. The molecule has 1 heterocycles. The number of ether oxygens (including phenoxy) is 1. The molecule has 0 bridgehead atoms. The monoisotopic (exact) mass is 740 g/mol. The van der Waals surface area contributed by atoms with E-state index in [1.807, 2.05) is 41.5 Å². The van der Waals surface area contributed by atoms with Gasteiger partial charge < -0.3 is 35.8 Å². The third kappa shape index (κ3) is 12.8. The van der Waals surface area contributed by atoms with Crippen LogP contribution in [0.4, 0.5) is 4.79 Å². The first-order chi connectivity index (χ1) is 24.9. The number of ketones is 1. The van der Waals surface area contributed by atoms with Crippen molar-refractivity contribution in [3.8, 4) is 0 Å². The summed E-state index contributed by atoms with van der Waals surface area (Å²) in [7, 11) is 3.12. The molecule has 3 unspecified atom stereocenters. The normalized spacial score (nSPS) is 18.8. The van der Waals surface area contributed by atoms with E-state index < -0.39 is 65.7 Å². The van der Waals surface area contributed by atoms with E-state index >= 15 is 0 Å². The van der Waals surface area contributed by atoms with Gasteiger partial charge in [-0.3, -0.25) is 28.8 Å². The molecule has 1 saturated carbocycles. The van der Waals surface area contributed by atoms with Crippen molar-refractivity contribution in [3.63, 3.8) is 0 Å². The molecule has 53 heavy (non-hydrogen) atoms. The summed E-state index contributed by atoms with van der Waals surface area (Å²) in [6, 6.07) is 4.60. The van der Waals surface area contributed by atoms with Gasteiger partial charge in [0.15, 0.2) is 0 Å². The summed E-state index contributed by atoms with van der Waals surface area (Å²) in [6.45, 7) is 11.3. The molecule has 294 valence electrons. The number of amides is 6. The van der Waals surface area contributed by atoms with Crippen LogP contribution in [0, 0.1) is 23.2 Å². The van der Waals surface area contributed by atoms with Crippen molar-refractivity contribution in [1.82, 2.24) is 31.1 Å². The number of nitrogens with zero attached hydrogens (tertiary/aromatic N) is 2. The van der Waals surface area contributed by atoms with Crippen molar-refractivity contribution >= 4 is 41.4 Å². The fourth-order valence-electron chi connectivity index (χ4n) is 6.95. The molecule has 1 saturated heterocycles. The van der Waals surface area contributed by atoms with Crippen LogP contribution in [0.2, 0.25) is 0 Å². The number of likely N-dealkylation sites (N-methyl/N-ethyl adjacent to an activating group) is 1. The molecule has 4 atom stereocenters. The maximum atomic E-state index is 14.3. The van der Waals surface area contributed by atoms with Gasteiger partial charge in [-0.15, -0.1) is 0 Å². The van der Waals surface area contributed by atoms with E-state index in [1.54, 1.807) is 44.4 Å². The summed E-state index contributed by atoms with van der Waals surface area (Å²) in [5.41, 5.74) is 0.108. The van der Waals surface area contributed by atoms with Crippen molar-refractivity contribution in [2.24, 2.45) is 23.2 Å². The van der Waals surface area contributed by atoms with Crippen molar-refractivity contribution in [3.05, 3.63) is 35.9 Å². The number of hydrogen-bond acceptors (Lipinski definition) is 8. The number of hydrogen-bond donors (Lipinski definition) is 4. The quantitative estimate of drug-likeness (QED) is 0.187. The smallest absolute Gasteiger partial charge is 0.407 e. The van der Waals surface area contributed by atoms with Gasteiger partial charge in [0, 0.05) is 20.6 Å². The van der Waals surface area contributed by atoms with Gasteiger partial charge in [-0.25, -0.2) is 4.79 Å². The molecule has 0 radical (unpaired) electrons. The summed E-state index contributed by atoms with van der Waals surface area (Å²) in [6.07, 6.45) is 4.18. The second-order valence-corrected chi connectivity index (χ2v) is 16.2. The van der Waals surface area contributed by atoms with Crippen LogP contribution in [-0.4, -0.2) is 103 Å². The molecule has 14 nitrogen and oxygen atoms in total. The second-order valence-electron chi connectivity index (χ2n) is 16.2. The predicted octanol–water partition coefficient (Wildman–Crippen LogP) is 3.11.